The fraction of sp³-hybridized carbons (Fsp3) is 0.0476. The highest BCUT2D eigenvalue weighted by Crippen LogP contribution is 2.39. The fourth-order valence-electron chi connectivity index (χ4n) is 7.56. The van der Waals surface area contributed by atoms with Crippen LogP contribution in [-0.4, -0.2) is 9.13 Å². The smallest absolute Gasteiger partial charge is 0.135 e. The number of fused-ring (bicyclic) bond motifs is 9. The van der Waals surface area contributed by atoms with E-state index in [9.17, 15) is 0 Å². The molecule has 3 nitrogen and oxygen atoms in total. The minimum absolute atomic E-state index is 0.905. The Balaban J connectivity index is 1.15. The van der Waals surface area contributed by atoms with E-state index in [0.717, 1.165) is 40.5 Å². The molecule has 0 radical (unpaired) electrons. The second-order valence-corrected chi connectivity index (χ2v) is 12.1. The second kappa shape index (κ2) is 9.35. The minimum atomic E-state index is 0.905. The van der Waals surface area contributed by atoms with Crippen LogP contribution < -0.4 is 0 Å². The van der Waals surface area contributed by atoms with Crippen molar-refractivity contribution in [3.63, 3.8) is 0 Å². The number of nitrogens with zero attached hydrogens (tertiary/aromatic N) is 2. The van der Waals surface area contributed by atoms with E-state index in [1.165, 1.54) is 60.8 Å². The van der Waals surface area contributed by atoms with Gasteiger partial charge in [0, 0.05) is 44.0 Å². The van der Waals surface area contributed by atoms with Crippen LogP contribution in [0, 0.1) is 0 Å². The molecule has 3 aromatic heterocycles. The quantitative estimate of drug-likeness (QED) is 0.205. The van der Waals surface area contributed by atoms with Gasteiger partial charge in [-0.25, -0.2) is 0 Å². The number of furan rings is 1. The Morgan fingerprint density at radius 3 is 1.87 bits per heavy atom. The van der Waals surface area contributed by atoms with Crippen molar-refractivity contribution in [3.8, 4) is 22.5 Å². The summed E-state index contributed by atoms with van der Waals surface area (Å²) in [5, 5.41) is 6.13. The predicted molar refractivity (Wildman–Crippen MR) is 188 cm³/mol. The van der Waals surface area contributed by atoms with E-state index in [2.05, 4.69) is 155 Å². The normalized spacial score (nSPS) is 13.1. The Kier molecular flexibility index (Phi) is 5.11. The summed E-state index contributed by atoms with van der Waals surface area (Å²) in [6.45, 7) is 0. The molecule has 3 heterocycles. The summed E-state index contributed by atoms with van der Waals surface area (Å²) in [4.78, 5) is 0. The van der Waals surface area contributed by atoms with Crippen molar-refractivity contribution in [2.24, 2.45) is 0 Å². The zero-order valence-corrected chi connectivity index (χ0v) is 24.6. The van der Waals surface area contributed by atoms with Crippen LogP contribution in [-0.2, 0) is 6.42 Å². The van der Waals surface area contributed by atoms with Gasteiger partial charge in [0.25, 0.3) is 0 Å². The van der Waals surface area contributed by atoms with Crippen LogP contribution in [0.5, 0.6) is 0 Å². The summed E-state index contributed by atoms with van der Waals surface area (Å²) in [6, 6.07) is 48.2. The molecule has 0 spiro atoms. The zero-order chi connectivity index (χ0) is 29.5. The molecule has 0 bridgehead atoms. The van der Waals surface area contributed by atoms with Gasteiger partial charge >= 0.3 is 0 Å². The number of hydrogen-bond acceptors (Lipinski definition) is 1. The number of benzene rings is 6. The number of allylic oxidation sites excluding steroid dienone is 1. The van der Waals surface area contributed by atoms with E-state index >= 15 is 0 Å². The third-order valence-corrected chi connectivity index (χ3v) is 9.59. The maximum Gasteiger partial charge on any atom is 0.135 e. The largest absolute Gasteiger partial charge is 0.456 e. The molecular formula is C42H28N2O. The second-order valence-electron chi connectivity index (χ2n) is 12.1. The molecule has 212 valence electrons. The molecule has 1 aliphatic carbocycles. The van der Waals surface area contributed by atoms with Gasteiger partial charge in [0.15, 0.2) is 0 Å². The standard InChI is InChI=1S/C42H28N2O/c1-2-10-29(11-3-1)43-39-17-9-6-14-33(39)34-24-27(18-21-40(34)43)28-19-22-41-35(25-28)36-26-30(20-23-42(36)45-41)44-37-15-7-4-12-31(37)32-13-5-8-16-38(32)44/h1-5,7-13,15-26H,6,14H2. The van der Waals surface area contributed by atoms with Gasteiger partial charge in [0.2, 0.25) is 0 Å². The summed E-state index contributed by atoms with van der Waals surface area (Å²) in [7, 11) is 0. The molecule has 0 aliphatic heterocycles. The average molecular weight is 577 g/mol. The molecule has 0 saturated heterocycles. The van der Waals surface area contributed by atoms with Crippen LogP contribution in [0.15, 0.2) is 144 Å². The molecule has 0 atom stereocenters. The first-order valence-electron chi connectivity index (χ1n) is 15.7. The molecule has 0 N–H and O–H groups in total. The van der Waals surface area contributed by atoms with Crippen molar-refractivity contribution in [1.82, 2.24) is 9.13 Å². The lowest BCUT2D eigenvalue weighted by atomic mass is 9.97. The maximum atomic E-state index is 6.37. The highest BCUT2D eigenvalue weighted by Gasteiger charge is 2.20. The number of rotatable bonds is 3. The van der Waals surface area contributed by atoms with E-state index < -0.39 is 0 Å². The third-order valence-electron chi connectivity index (χ3n) is 9.59. The molecular weight excluding hydrogens is 548 g/mol. The lowest BCUT2D eigenvalue weighted by molar-refractivity contribution is 0.669. The molecule has 0 amide bonds. The van der Waals surface area contributed by atoms with Crippen molar-refractivity contribution < 1.29 is 4.42 Å². The van der Waals surface area contributed by atoms with Crippen LogP contribution in [0.4, 0.5) is 0 Å². The van der Waals surface area contributed by atoms with Crippen molar-refractivity contribution in [3.05, 3.63) is 151 Å². The van der Waals surface area contributed by atoms with Crippen LogP contribution in [0.3, 0.4) is 0 Å². The minimum Gasteiger partial charge on any atom is -0.456 e. The number of aromatic nitrogens is 2. The van der Waals surface area contributed by atoms with E-state index in [1.54, 1.807) is 0 Å². The van der Waals surface area contributed by atoms with Crippen molar-refractivity contribution >= 4 is 60.7 Å². The molecule has 0 saturated carbocycles. The predicted octanol–water partition coefficient (Wildman–Crippen LogP) is 11.3. The van der Waals surface area contributed by atoms with Gasteiger partial charge in [0.05, 0.1) is 16.6 Å². The van der Waals surface area contributed by atoms with Gasteiger partial charge in [-0.1, -0.05) is 72.8 Å². The van der Waals surface area contributed by atoms with Crippen LogP contribution in [0.1, 0.15) is 17.7 Å². The first-order chi connectivity index (χ1) is 22.3. The third kappa shape index (κ3) is 3.58. The summed E-state index contributed by atoms with van der Waals surface area (Å²) in [5.41, 5.74) is 13.0. The molecule has 0 unspecified atom stereocenters. The Bertz CT molecular complexity index is 2590. The molecule has 1 aliphatic rings. The van der Waals surface area contributed by atoms with Gasteiger partial charge in [-0.2, -0.15) is 0 Å². The molecule has 6 aromatic carbocycles. The molecule has 45 heavy (non-hydrogen) atoms. The first-order valence-corrected chi connectivity index (χ1v) is 15.7. The molecule has 10 rings (SSSR count). The average Bonchev–Trinajstić information content (AvgIpc) is 3.75. The van der Waals surface area contributed by atoms with E-state index in [1.807, 2.05) is 0 Å². The maximum absolute atomic E-state index is 6.37. The van der Waals surface area contributed by atoms with Crippen molar-refractivity contribution in [1.29, 1.82) is 0 Å². The highest BCUT2D eigenvalue weighted by atomic mass is 16.3. The van der Waals surface area contributed by atoms with Gasteiger partial charge in [0.1, 0.15) is 11.2 Å². The van der Waals surface area contributed by atoms with Crippen LogP contribution in [0.25, 0.3) is 83.2 Å². The van der Waals surface area contributed by atoms with Gasteiger partial charge in [-0.3, -0.25) is 0 Å². The molecule has 3 heteroatoms. The summed E-state index contributed by atoms with van der Waals surface area (Å²) in [6.07, 6.45) is 6.73. The Morgan fingerprint density at radius 2 is 1.09 bits per heavy atom. The number of hydrogen-bond donors (Lipinski definition) is 0. The Morgan fingerprint density at radius 1 is 0.467 bits per heavy atom. The Hall–Kier alpha value is -5.80. The first kappa shape index (κ1) is 24.6. The highest BCUT2D eigenvalue weighted by molar-refractivity contribution is 6.11. The lowest BCUT2D eigenvalue weighted by Gasteiger charge is -2.11. The SMILES string of the molecule is C1=Cc2c(c3cc(-c4ccc5oc6ccc(-n7c8ccccc8c8ccccc87)cc6c5c4)ccc3n2-c2ccccc2)CC1. The topological polar surface area (TPSA) is 23.0 Å². The van der Waals surface area contributed by atoms with Gasteiger partial charge in [-0.05, 0) is 102 Å². The van der Waals surface area contributed by atoms with E-state index in [4.69, 9.17) is 4.42 Å². The lowest BCUT2D eigenvalue weighted by Crippen LogP contribution is -1.99. The fourth-order valence-corrected chi connectivity index (χ4v) is 7.56. The van der Waals surface area contributed by atoms with Crippen molar-refractivity contribution in [2.45, 2.75) is 12.8 Å². The summed E-state index contributed by atoms with van der Waals surface area (Å²) in [5.74, 6) is 0. The van der Waals surface area contributed by atoms with E-state index in [-0.39, 0.29) is 0 Å². The van der Waals surface area contributed by atoms with Crippen LogP contribution >= 0.6 is 0 Å². The number of aryl methyl sites for hydroxylation is 1. The molecule has 9 aromatic rings. The zero-order valence-electron chi connectivity index (χ0n) is 24.6. The van der Waals surface area contributed by atoms with Gasteiger partial charge < -0.3 is 13.6 Å². The Labute approximate surface area is 259 Å². The monoisotopic (exact) mass is 576 g/mol. The van der Waals surface area contributed by atoms with Crippen LogP contribution in [0.2, 0.25) is 0 Å². The number of para-hydroxylation sites is 3. The molecule has 0 fully saturated rings. The summed E-state index contributed by atoms with van der Waals surface area (Å²) < 4.78 is 11.1. The van der Waals surface area contributed by atoms with Crippen molar-refractivity contribution in [2.75, 3.05) is 0 Å². The van der Waals surface area contributed by atoms with E-state index in [0.29, 0.717) is 0 Å². The van der Waals surface area contributed by atoms with Gasteiger partial charge in [-0.15, -0.1) is 0 Å². The summed E-state index contributed by atoms with van der Waals surface area (Å²) >= 11 is 0.